The van der Waals surface area contributed by atoms with Gasteiger partial charge in [0.2, 0.25) is 11.8 Å². The van der Waals surface area contributed by atoms with E-state index in [9.17, 15) is 5.11 Å². The van der Waals surface area contributed by atoms with Crippen LogP contribution < -0.4 is 0 Å². The second-order valence-corrected chi connectivity index (χ2v) is 6.93. The molecule has 2 fully saturated rings. The van der Waals surface area contributed by atoms with Crippen LogP contribution in [0, 0.1) is 5.41 Å². The lowest BCUT2D eigenvalue weighted by Crippen LogP contribution is -2.55. The van der Waals surface area contributed by atoms with Gasteiger partial charge in [-0.15, -0.1) is 10.2 Å². The lowest BCUT2D eigenvalue weighted by molar-refractivity contribution is -0.108. The van der Waals surface area contributed by atoms with Crippen molar-refractivity contribution in [2.45, 2.75) is 58.1 Å². The minimum atomic E-state index is -0.600. The van der Waals surface area contributed by atoms with Gasteiger partial charge in [0.15, 0.2) is 0 Å². The van der Waals surface area contributed by atoms with E-state index in [0.717, 1.165) is 25.4 Å². The van der Waals surface area contributed by atoms with Gasteiger partial charge >= 0.3 is 0 Å². The van der Waals surface area contributed by atoms with Gasteiger partial charge in [0.05, 0.1) is 12.1 Å². The van der Waals surface area contributed by atoms with Crippen molar-refractivity contribution >= 4 is 0 Å². The number of likely N-dealkylation sites (tertiary alicyclic amines) is 1. The summed E-state index contributed by atoms with van der Waals surface area (Å²) in [6.07, 6.45) is 3.14. The van der Waals surface area contributed by atoms with E-state index >= 15 is 0 Å². The molecule has 1 aromatic heterocycles. The van der Waals surface area contributed by atoms with Crippen molar-refractivity contribution in [1.29, 1.82) is 0 Å². The molecule has 3 rings (SSSR count). The molecular weight excluding hydrogens is 242 g/mol. The quantitative estimate of drug-likeness (QED) is 0.904. The zero-order valence-corrected chi connectivity index (χ0v) is 12.0. The molecule has 1 aliphatic carbocycles. The van der Waals surface area contributed by atoms with E-state index in [4.69, 9.17) is 4.42 Å². The number of nitrogens with zero attached hydrogens (tertiary/aromatic N) is 3. The molecule has 0 radical (unpaired) electrons. The molecule has 1 saturated carbocycles. The second kappa shape index (κ2) is 4.28. The summed E-state index contributed by atoms with van der Waals surface area (Å²) in [6.45, 7) is 8.57. The van der Waals surface area contributed by atoms with Gasteiger partial charge in [-0.1, -0.05) is 13.8 Å². The molecule has 2 aliphatic rings. The lowest BCUT2D eigenvalue weighted by atomic mass is 9.71. The molecule has 0 aromatic carbocycles. The fraction of sp³-hybridized carbons (Fsp3) is 0.857. The molecular formula is C14H23N3O2. The molecule has 0 amide bonds. The SMILES string of the molecule is CC1(C)CN(Cc2nnc(C3CC3)o2)CC[C@]1(C)O. The zero-order valence-electron chi connectivity index (χ0n) is 12.0. The Kier molecular flexibility index (Phi) is 2.94. The van der Waals surface area contributed by atoms with Gasteiger partial charge in [0, 0.05) is 24.4 Å². The Morgan fingerprint density at radius 1 is 1.32 bits per heavy atom. The lowest BCUT2D eigenvalue weighted by Gasteiger charge is -2.48. The second-order valence-electron chi connectivity index (χ2n) is 6.93. The average Bonchev–Trinajstić information content (AvgIpc) is 3.06. The maximum Gasteiger partial charge on any atom is 0.230 e. The van der Waals surface area contributed by atoms with E-state index in [1.165, 1.54) is 12.8 Å². The normalized spacial score (nSPS) is 31.6. The van der Waals surface area contributed by atoms with Crippen LogP contribution in [0.3, 0.4) is 0 Å². The first-order chi connectivity index (χ1) is 8.87. The number of hydrogen-bond donors (Lipinski definition) is 1. The Morgan fingerprint density at radius 3 is 2.68 bits per heavy atom. The summed E-state index contributed by atoms with van der Waals surface area (Å²) in [5, 5.41) is 18.6. The molecule has 1 aliphatic heterocycles. The number of aromatic nitrogens is 2. The molecule has 1 N–H and O–H groups in total. The Morgan fingerprint density at radius 2 is 2.05 bits per heavy atom. The molecule has 1 saturated heterocycles. The van der Waals surface area contributed by atoms with Gasteiger partial charge in [-0.2, -0.15) is 0 Å². The molecule has 2 heterocycles. The van der Waals surface area contributed by atoms with E-state index in [1.54, 1.807) is 0 Å². The number of aliphatic hydroxyl groups is 1. The van der Waals surface area contributed by atoms with Crippen LogP contribution in [0.2, 0.25) is 0 Å². The standard InChI is InChI=1S/C14H23N3O2/c1-13(2)9-17(7-6-14(13,3)18)8-11-15-16-12(19-11)10-4-5-10/h10,18H,4-9H2,1-3H3/t14-/m0/s1. The zero-order chi connectivity index (χ0) is 13.7. The van der Waals surface area contributed by atoms with E-state index < -0.39 is 5.60 Å². The number of hydrogen-bond acceptors (Lipinski definition) is 5. The molecule has 1 atom stereocenters. The first-order valence-corrected chi connectivity index (χ1v) is 7.14. The molecule has 0 unspecified atom stereocenters. The summed E-state index contributed by atoms with van der Waals surface area (Å²) in [4.78, 5) is 2.29. The van der Waals surface area contributed by atoms with Crippen LogP contribution in [0.5, 0.6) is 0 Å². The smallest absolute Gasteiger partial charge is 0.230 e. The Labute approximate surface area is 114 Å². The highest BCUT2D eigenvalue weighted by Crippen LogP contribution is 2.40. The van der Waals surface area contributed by atoms with Crippen LogP contribution in [0.1, 0.15) is 57.7 Å². The van der Waals surface area contributed by atoms with Gasteiger partial charge in [0.1, 0.15) is 0 Å². The Balaban J connectivity index is 1.63. The maximum atomic E-state index is 10.4. The van der Waals surface area contributed by atoms with Gasteiger partial charge in [-0.05, 0) is 26.2 Å². The molecule has 19 heavy (non-hydrogen) atoms. The molecule has 5 nitrogen and oxygen atoms in total. The summed E-state index contributed by atoms with van der Waals surface area (Å²) < 4.78 is 5.70. The molecule has 0 spiro atoms. The summed E-state index contributed by atoms with van der Waals surface area (Å²) >= 11 is 0. The summed E-state index contributed by atoms with van der Waals surface area (Å²) in [5.41, 5.74) is -0.720. The van der Waals surface area contributed by atoms with Crippen molar-refractivity contribution in [2.75, 3.05) is 13.1 Å². The van der Waals surface area contributed by atoms with Crippen molar-refractivity contribution in [3.63, 3.8) is 0 Å². The first kappa shape index (κ1) is 13.1. The number of piperidine rings is 1. The molecule has 0 bridgehead atoms. The summed E-state index contributed by atoms with van der Waals surface area (Å²) in [7, 11) is 0. The highest BCUT2D eigenvalue weighted by Gasteiger charge is 2.44. The third kappa shape index (κ3) is 2.54. The predicted octanol–water partition coefficient (Wildman–Crippen LogP) is 1.93. The van der Waals surface area contributed by atoms with E-state index in [0.29, 0.717) is 18.4 Å². The van der Waals surface area contributed by atoms with Crippen LogP contribution in [-0.4, -0.2) is 38.9 Å². The van der Waals surface area contributed by atoms with Crippen LogP contribution in [-0.2, 0) is 6.54 Å². The first-order valence-electron chi connectivity index (χ1n) is 7.14. The molecule has 1 aromatic rings. The van der Waals surface area contributed by atoms with Crippen LogP contribution in [0.25, 0.3) is 0 Å². The fourth-order valence-electron chi connectivity index (χ4n) is 2.67. The van der Waals surface area contributed by atoms with Crippen LogP contribution in [0.15, 0.2) is 4.42 Å². The predicted molar refractivity (Wildman–Crippen MR) is 70.6 cm³/mol. The largest absolute Gasteiger partial charge is 0.424 e. The van der Waals surface area contributed by atoms with Gasteiger partial charge < -0.3 is 9.52 Å². The van der Waals surface area contributed by atoms with Crippen molar-refractivity contribution in [1.82, 2.24) is 15.1 Å². The van der Waals surface area contributed by atoms with Gasteiger partial charge in [0.25, 0.3) is 0 Å². The monoisotopic (exact) mass is 265 g/mol. The van der Waals surface area contributed by atoms with Crippen LogP contribution in [0.4, 0.5) is 0 Å². The molecule has 5 heteroatoms. The highest BCUT2D eigenvalue weighted by molar-refractivity contribution is 5.01. The van der Waals surface area contributed by atoms with Crippen molar-refractivity contribution < 1.29 is 9.52 Å². The molecule has 106 valence electrons. The van der Waals surface area contributed by atoms with E-state index in [2.05, 4.69) is 28.9 Å². The Hall–Kier alpha value is -0.940. The Bertz CT molecular complexity index is 463. The van der Waals surface area contributed by atoms with Crippen molar-refractivity contribution in [3.05, 3.63) is 11.8 Å². The number of rotatable bonds is 3. The van der Waals surface area contributed by atoms with Gasteiger partial charge in [-0.25, -0.2) is 0 Å². The fourth-order valence-corrected chi connectivity index (χ4v) is 2.67. The summed E-state index contributed by atoms with van der Waals surface area (Å²) in [5.74, 6) is 2.03. The highest BCUT2D eigenvalue weighted by atomic mass is 16.4. The third-order valence-electron chi connectivity index (χ3n) is 4.76. The van der Waals surface area contributed by atoms with Gasteiger partial charge in [-0.3, -0.25) is 4.90 Å². The minimum absolute atomic E-state index is 0.120. The van der Waals surface area contributed by atoms with E-state index in [1.807, 2.05) is 6.92 Å². The summed E-state index contributed by atoms with van der Waals surface area (Å²) in [6, 6.07) is 0. The average molecular weight is 265 g/mol. The van der Waals surface area contributed by atoms with Crippen LogP contribution >= 0.6 is 0 Å². The third-order valence-corrected chi connectivity index (χ3v) is 4.76. The maximum absolute atomic E-state index is 10.4. The van der Waals surface area contributed by atoms with Crippen molar-refractivity contribution in [3.8, 4) is 0 Å². The topological polar surface area (TPSA) is 62.4 Å². The van der Waals surface area contributed by atoms with Crippen molar-refractivity contribution in [2.24, 2.45) is 5.41 Å². The van der Waals surface area contributed by atoms with E-state index in [-0.39, 0.29) is 5.41 Å². The minimum Gasteiger partial charge on any atom is -0.424 e.